The van der Waals surface area contributed by atoms with Gasteiger partial charge in [0, 0.05) is 5.69 Å². The van der Waals surface area contributed by atoms with Gasteiger partial charge in [0.05, 0.1) is 5.56 Å². The lowest BCUT2D eigenvalue weighted by molar-refractivity contribution is -0.444. The molecule has 120 valence electrons. The summed E-state index contributed by atoms with van der Waals surface area (Å²) in [5.41, 5.74) is 2.90. The number of amidine groups is 1. The van der Waals surface area contributed by atoms with Crippen molar-refractivity contribution in [2.45, 2.75) is 6.92 Å². The second kappa shape index (κ2) is 7.65. The molecule has 6 heteroatoms. The third kappa shape index (κ3) is 4.47. The van der Waals surface area contributed by atoms with Crippen LogP contribution in [0.1, 0.15) is 11.1 Å². The molecule has 0 aromatic heterocycles. The minimum Gasteiger partial charge on any atom is -1.00 e. The number of carbonyl (C=O) groups is 1. The van der Waals surface area contributed by atoms with Crippen molar-refractivity contribution in [3.05, 3.63) is 59.7 Å². The Bertz CT molecular complexity index is 697. The molecule has 0 atom stereocenters. The van der Waals surface area contributed by atoms with E-state index < -0.39 is 6.09 Å². The Hall–Kier alpha value is -2.53. The van der Waals surface area contributed by atoms with E-state index in [1.807, 2.05) is 43.3 Å². The molecule has 0 spiro atoms. The van der Waals surface area contributed by atoms with Crippen LogP contribution >= 0.6 is 0 Å². The van der Waals surface area contributed by atoms with Crippen molar-refractivity contribution in [3.8, 4) is 5.75 Å². The zero-order valence-electron chi connectivity index (χ0n) is 12.7. The molecular weight excluding hydrogens is 314 g/mol. The summed E-state index contributed by atoms with van der Waals surface area (Å²) in [7, 11) is 0. The summed E-state index contributed by atoms with van der Waals surface area (Å²) >= 11 is 0. The number of carbonyl (C=O) groups excluding carboxylic acids is 1. The molecule has 1 amide bonds. The Labute approximate surface area is 141 Å². The Morgan fingerprint density at radius 3 is 2.43 bits per heavy atom. The van der Waals surface area contributed by atoms with Crippen LogP contribution in [0.2, 0.25) is 0 Å². The van der Waals surface area contributed by atoms with Gasteiger partial charge in [-0.2, -0.15) is 0 Å². The largest absolute Gasteiger partial charge is 1.00 e. The van der Waals surface area contributed by atoms with E-state index in [2.05, 4.69) is 15.6 Å². The van der Waals surface area contributed by atoms with Gasteiger partial charge in [0.25, 0.3) is 5.84 Å². The van der Waals surface area contributed by atoms with Crippen LogP contribution in [-0.4, -0.2) is 25.0 Å². The highest BCUT2D eigenvalue weighted by atomic mass is 35.5. The van der Waals surface area contributed by atoms with E-state index in [0.717, 1.165) is 30.1 Å². The number of ether oxygens (including phenoxy) is 1. The fourth-order valence-electron chi connectivity index (χ4n) is 2.22. The first-order valence-corrected chi connectivity index (χ1v) is 7.21. The minimum atomic E-state index is -0.499. The number of hydrogen-bond donors (Lipinski definition) is 3. The van der Waals surface area contributed by atoms with Crippen LogP contribution in [0.15, 0.2) is 48.5 Å². The van der Waals surface area contributed by atoms with Gasteiger partial charge in [-0.05, 0) is 43.3 Å². The second-order valence-corrected chi connectivity index (χ2v) is 5.13. The summed E-state index contributed by atoms with van der Waals surface area (Å²) in [6.07, 6.45) is -0.499. The van der Waals surface area contributed by atoms with E-state index in [1.54, 1.807) is 12.1 Å². The zero-order chi connectivity index (χ0) is 15.4. The number of halogens is 1. The van der Waals surface area contributed by atoms with Crippen LogP contribution in [0.5, 0.6) is 5.75 Å². The van der Waals surface area contributed by atoms with Crippen molar-refractivity contribution in [1.82, 2.24) is 5.32 Å². The molecule has 0 saturated heterocycles. The van der Waals surface area contributed by atoms with Crippen LogP contribution in [0.4, 0.5) is 10.5 Å². The molecule has 0 aliphatic carbocycles. The van der Waals surface area contributed by atoms with Crippen molar-refractivity contribution in [3.63, 3.8) is 0 Å². The van der Waals surface area contributed by atoms with Crippen LogP contribution in [0, 0.1) is 6.92 Å². The summed E-state index contributed by atoms with van der Waals surface area (Å²) in [5, 5.41) is 5.95. The molecular formula is C17H18ClN3O2. The highest BCUT2D eigenvalue weighted by molar-refractivity contribution is 5.95. The van der Waals surface area contributed by atoms with E-state index in [0.29, 0.717) is 11.4 Å². The number of anilines is 1. The molecule has 23 heavy (non-hydrogen) atoms. The normalized spacial score (nSPS) is 12.7. The van der Waals surface area contributed by atoms with Crippen molar-refractivity contribution in [2.24, 2.45) is 0 Å². The molecule has 0 radical (unpaired) electrons. The van der Waals surface area contributed by atoms with Gasteiger partial charge in [-0.1, -0.05) is 17.7 Å². The van der Waals surface area contributed by atoms with Gasteiger partial charge < -0.3 is 17.1 Å². The number of amides is 1. The third-order valence-electron chi connectivity index (χ3n) is 3.38. The Morgan fingerprint density at radius 2 is 1.83 bits per heavy atom. The number of aryl methyl sites for hydroxylation is 1. The predicted octanol–water partition coefficient (Wildman–Crippen LogP) is -1.96. The fraction of sp³-hybridized carbons (Fsp3) is 0.176. The van der Waals surface area contributed by atoms with E-state index in [1.165, 1.54) is 0 Å². The van der Waals surface area contributed by atoms with Gasteiger partial charge in [0.2, 0.25) is 0 Å². The van der Waals surface area contributed by atoms with Gasteiger partial charge in [-0.3, -0.25) is 15.6 Å². The Morgan fingerprint density at radius 1 is 1.13 bits per heavy atom. The van der Waals surface area contributed by atoms with Crippen LogP contribution in [0.25, 0.3) is 0 Å². The van der Waals surface area contributed by atoms with Crippen molar-refractivity contribution in [2.75, 3.05) is 18.4 Å². The van der Waals surface area contributed by atoms with Crippen LogP contribution in [-0.2, 0) is 0 Å². The quantitative estimate of drug-likeness (QED) is 0.612. The molecule has 0 unspecified atom stereocenters. The monoisotopic (exact) mass is 331 g/mol. The SMILES string of the molecule is Cc1ccc(NC(=O)Oc2ccc(C3=[NH+]CCN3)cc2)cc1.[Cl-]. The first-order chi connectivity index (χ1) is 10.7. The standard InChI is InChI=1S/C17H17N3O2.ClH/c1-12-2-6-14(7-3-12)20-17(21)22-15-8-4-13(5-9-15)16-18-10-11-19-16;/h2-9H,10-11H2,1H3,(H,18,19)(H,20,21);1H. The van der Waals surface area contributed by atoms with E-state index in [9.17, 15) is 4.79 Å². The van der Waals surface area contributed by atoms with Crippen molar-refractivity contribution >= 4 is 17.6 Å². The predicted molar refractivity (Wildman–Crippen MR) is 85.2 cm³/mol. The first-order valence-electron chi connectivity index (χ1n) is 7.21. The number of nitrogens with one attached hydrogen (secondary N) is 3. The second-order valence-electron chi connectivity index (χ2n) is 5.13. The summed E-state index contributed by atoms with van der Waals surface area (Å²) in [5.74, 6) is 1.52. The van der Waals surface area contributed by atoms with Gasteiger partial charge in [0.15, 0.2) is 0 Å². The topological polar surface area (TPSA) is 64.3 Å². The summed E-state index contributed by atoms with van der Waals surface area (Å²) in [4.78, 5) is 15.1. The maximum Gasteiger partial charge on any atom is 0.417 e. The average molecular weight is 332 g/mol. The summed E-state index contributed by atoms with van der Waals surface area (Å²) < 4.78 is 5.27. The maximum absolute atomic E-state index is 11.8. The highest BCUT2D eigenvalue weighted by Gasteiger charge is 2.14. The molecule has 3 rings (SSSR count). The summed E-state index contributed by atoms with van der Waals surface area (Å²) in [6.45, 7) is 3.84. The molecule has 1 heterocycles. The van der Waals surface area contributed by atoms with E-state index in [4.69, 9.17) is 4.74 Å². The maximum atomic E-state index is 11.8. The van der Waals surface area contributed by atoms with Crippen LogP contribution in [0.3, 0.4) is 0 Å². The summed E-state index contributed by atoms with van der Waals surface area (Å²) in [6, 6.07) is 14.9. The number of hydrogen-bond acceptors (Lipinski definition) is 3. The minimum absolute atomic E-state index is 0. The van der Waals surface area contributed by atoms with Crippen molar-refractivity contribution in [1.29, 1.82) is 0 Å². The molecule has 0 fully saturated rings. The van der Waals surface area contributed by atoms with E-state index in [-0.39, 0.29) is 12.4 Å². The lowest BCUT2D eigenvalue weighted by Gasteiger charge is -2.07. The molecule has 2 aromatic carbocycles. The Kier molecular flexibility index (Phi) is 5.60. The van der Waals surface area contributed by atoms with Gasteiger partial charge in [0.1, 0.15) is 18.8 Å². The van der Waals surface area contributed by atoms with Crippen LogP contribution < -0.4 is 32.8 Å². The number of benzene rings is 2. The molecule has 2 aromatic rings. The molecule has 3 N–H and O–H groups in total. The average Bonchev–Trinajstić information content (AvgIpc) is 3.05. The third-order valence-corrected chi connectivity index (χ3v) is 3.38. The van der Waals surface area contributed by atoms with E-state index >= 15 is 0 Å². The van der Waals surface area contributed by atoms with Gasteiger partial charge in [-0.25, -0.2) is 4.79 Å². The lowest BCUT2D eigenvalue weighted by Crippen LogP contribution is -3.00. The van der Waals surface area contributed by atoms with Gasteiger partial charge in [-0.15, -0.1) is 0 Å². The number of rotatable bonds is 3. The molecule has 0 bridgehead atoms. The highest BCUT2D eigenvalue weighted by Crippen LogP contribution is 2.14. The molecule has 1 aliphatic rings. The lowest BCUT2D eigenvalue weighted by atomic mass is 10.2. The molecule has 5 nitrogen and oxygen atoms in total. The Balaban J connectivity index is 0.00000192. The van der Waals surface area contributed by atoms with Gasteiger partial charge >= 0.3 is 6.09 Å². The first kappa shape index (κ1) is 16.8. The van der Waals surface area contributed by atoms with Crippen molar-refractivity contribution < 1.29 is 26.9 Å². The smallest absolute Gasteiger partial charge is 0.417 e. The fourth-order valence-corrected chi connectivity index (χ4v) is 2.22. The molecule has 1 aliphatic heterocycles. The zero-order valence-corrected chi connectivity index (χ0v) is 13.5. The molecule has 0 saturated carbocycles.